The molecule has 0 fully saturated rings. The molecule has 0 radical (unpaired) electrons. The summed E-state index contributed by atoms with van der Waals surface area (Å²) in [5.74, 6) is 0. The van der Waals surface area contributed by atoms with Crippen molar-refractivity contribution in [3.63, 3.8) is 0 Å². The molecule has 2 aromatic rings. The number of halogens is 2. The lowest BCUT2D eigenvalue weighted by molar-refractivity contribution is 0.477. The van der Waals surface area contributed by atoms with Crippen LogP contribution in [0.1, 0.15) is 5.69 Å². The number of aromatic nitrogens is 2. The van der Waals surface area contributed by atoms with Gasteiger partial charge in [-0.3, -0.25) is 0 Å². The average Bonchev–Trinajstić information content (AvgIpc) is 2.46. The van der Waals surface area contributed by atoms with Crippen molar-refractivity contribution in [3.05, 3.63) is 35.2 Å². The van der Waals surface area contributed by atoms with Gasteiger partial charge in [-0.25, -0.2) is 9.37 Å². The second kappa shape index (κ2) is 2.75. The molecule has 62 valence electrons. The molecule has 2 rings (SSSR count). The van der Waals surface area contributed by atoms with Gasteiger partial charge in [-0.2, -0.15) is 0 Å². The van der Waals surface area contributed by atoms with Crippen molar-refractivity contribution in [3.8, 4) is 0 Å². The predicted octanol–water partition coefficient (Wildman–Crippen LogP) is 2.46. The lowest BCUT2D eigenvalue weighted by Crippen LogP contribution is -1.79. The van der Waals surface area contributed by atoms with E-state index in [0.29, 0.717) is 16.4 Å². The highest BCUT2D eigenvalue weighted by Crippen LogP contribution is 2.11. The highest BCUT2D eigenvalue weighted by molar-refractivity contribution is 6.30. The highest BCUT2D eigenvalue weighted by atomic mass is 35.5. The van der Waals surface area contributed by atoms with Gasteiger partial charge in [-0.05, 0) is 12.1 Å². The van der Waals surface area contributed by atoms with Gasteiger partial charge >= 0.3 is 0 Å². The molecule has 0 saturated carbocycles. The largest absolute Gasteiger partial charge is 0.305 e. The SMILES string of the molecule is FCc1cn2cc(Cl)ccc2n1. The van der Waals surface area contributed by atoms with E-state index in [1.54, 1.807) is 28.9 Å². The fourth-order valence-corrected chi connectivity index (χ4v) is 1.25. The predicted molar refractivity (Wildman–Crippen MR) is 45.0 cm³/mol. The molecule has 2 aromatic heterocycles. The zero-order chi connectivity index (χ0) is 8.55. The number of alkyl halides is 1. The minimum Gasteiger partial charge on any atom is -0.305 e. The molecule has 0 bridgehead atoms. The first-order chi connectivity index (χ1) is 5.79. The first-order valence-electron chi connectivity index (χ1n) is 3.49. The van der Waals surface area contributed by atoms with Crippen LogP contribution in [0, 0.1) is 0 Å². The maximum atomic E-state index is 12.2. The van der Waals surface area contributed by atoms with Crippen LogP contribution in [0.25, 0.3) is 5.65 Å². The third kappa shape index (κ3) is 1.16. The van der Waals surface area contributed by atoms with E-state index < -0.39 is 6.67 Å². The van der Waals surface area contributed by atoms with Crippen molar-refractivity contribution in [2.24, 2.45) is 0 Å². The molecule has 0 unspecified atom stereocenters. The third-order valence-electron chi connectivity index (χ3n) is 1.60. The van der Waals surface area contributed by atoms with Gasteiger partial charge in [0.05, 0.1) is 10.7 Å². The molecule has 0 atom stereocenters. The summed E-state index contributed by atoms with van der Waals surface area (Å²) >= 11 is 5.73. The fourth-order valence-electron chi connectivity index (χ4n) is 1.08. The molecule has 2 heterocycles. The summed E-state index contributed by atoms with van der Waals surface area (Å²) in [4.78, 5) is 4.00. The molecule has 0 spiro atoms. The van der Waals surface area contributed by atoms with Crippen LogP contribution in [0.5, 0.6) is 0 Å². The topological polar surface area (TPSA) is 17.3 Å². The Morgan fingerprint density at radius 2 is 2.25 bits per heavy atom. The average molecular weight is 185 g/mol. The zero-order valence-electron chi connectivity index (χ0n) is 6.17. The Kier molecular flexibility index (Phi) is 1.73. The van der Waals surface area contributed by atoms with Crippen LogP contribution in [0.2, 0.25) is 5.02 Å². The molecular weight excluding hydrogens is 179 g/mol. The molecule has 0 aliphatic rings. The van der Waals surface area contributed by atoms with E-state index >= 15 is 0 Å². The standard InChI is InChI=1S/C8H6ClFN2/c9-6-1-2-8-11-7(3-10)5-12(8)4-6/h1-2,4-5H,3H2. The quantitative estimate of drug-likeness (QED) is 0.666. The molecule has 0 aliphatic heterocycles. The number of hydrogen-bond acceptors (Lipinski definition) is 1. The maximum absolute atomic E-state index is 12.2. The number of fused-ring (bicyclic) bond motifs is 1. The second-order valence-corrected chi connectivity index (χ2v) is 2.92. The van der Waals surface area contributed by atoms with E-state index in [2.05, 4.69) is 4.98 Å². The molecule has 2 nitrogen and oxygen atoms in total. The molecule has 4 heteroatoms. The molecule has 0 aromatic carbocycles. The van der Waals surface area contributed by atoms with Crippen molar-refractivity contribution in [1.29, 1.82) is 0 Å². The number of rotatable bonds is 1. The van der Waals surface area contributed by atoms with Crippen molar-refractivity contribution < 1.29 is 4.39 Å². The lowest BCUT2D eigenvalue weighted by Gasteiger charge is -1.91. The highest BCUT2D eigenvalue weighted by Gasteiger charge is 1.99. The summed E-state index contributed by atoms with van der Waals surface area (Å²) in [6.07, 6.45) is 3.32. The smallest absolute Gasteiger partial charge is 0.137 e. The Hall–Kier alpha value is -1.09. The Morgan fingerprint density at radius 1 is 1.42 bits per heavy atom. The minimum absolute atomic E-state index is 0.428. The van der Waals surface area contributed by atoms with Crippen LogP contribution >= 0.6 is 11.6 Å². The van der Waals surface area contributed by atoms with Crippen molar-refractivity contribution in [2.75, 3.05) is 0 Å². The van der Waals surface area contributed by atoms with Gasteiger partial charge in [0.15, 0.2) is 0 Å². The fraction of sp³-hybridized carbons (Fsp3) is 0.125. The van der Waals surface area contributed by atoms with Crippen molar-refractivity contribution >= 4 is 17.2 Å². The van der Waals surface area contributed by atoms with Crippen LogP contribution in [-0.2, 0) is 6.67 Å². The molecule has 0 saturated heterocycles. The summed E-state index contributed by atoms with van der Waals surface area (Å²) in [5.41, 5.74) is 1.14. The van der Waals surface area contributed by atoms with Gasteiger partial charge in [0.1, 0.15) is 12.3 Å². The summed E-state index contributed by atoms with van der Waals surface area (Å²) < 4.78 is 13.9. The van der Waals surface area contributed by atoms with Gasteiger partial charge < -0.3 is 4.40 Å². The van der Waals surface area contributed by atoms with E-state index in [9.17, 15) is 4.39 Å². The minimum atomic E-state index is -0.542. The molecular formula is C8H6ClFN2. The monoisotopic (exact) mass is 184 g/mol. The van der Waals surface area contributed by atoms with E-state index in [-0.39, 0.29) is 0 Å². The number of hydrogen-bond donors (Lipinski definition) is 0. The Bertz CT molecular complexity index is 410. The normalized spacial score (nSPS) is 10.8. The van der Waals surface area contributed by atoms with Crippen LogP contribution in [0.4, 0.5) is 4.39 Å². The third-order valence-corrected chi connectivity index (χ3v) is 1.83. The molecule has 0 N–H and O–H groups in total. The summed E-state index contributed by atoms with van der Waals surface area (Å²) in [5, 5.41) is 0.616. The second-order valence-electron chi connectivity index (χ2n) is 2.48. The Morgan fingerprint density at radius 3 is 3.00 bits per heavy atom. The van der Waals surface area contributed by atoms with E-state index in [1.165, 1.54) is 0 Å². The Balaban J connectivity index is 2.67. The number of nitrogens with zero attached hydrogens (tertiary/aromatic N) is 2. The summed E-state index contributed by atoms with van der Waals surface area (Å²) in [6.45, 7) is -0.542. The first-order valence-corrected chi connectivity index (χ1v) is 3.86. The first kappa shape index (κ1) is 7.55. The molecule has 0 amide bonds. The van der Waals surface area contributed by atoms with Crippen LogP contribution < -0.4 is 0 Å². The number of imidazole rings is 1. The van der Waals surface area contributed by atoms with Gasteiger partial charge in [-0.1, -0.05) is 11.6 Å². The van der Waals surface area contributed by atoms with Gasteiger partial charge in [0.2, 0.25) is 0 Å². The van der Waals surface area contributed by atoms with E-state index in [4.69, 9.17) is 11.6 Å². The molecule has 0 aliphatic carbocycles. The van der Waals surface area contributed by atoms with Crippen molar-refractivity contribution in [1.82, 2.24) is 9.38 Å². The van der Waals surface area contributed by atoms with Gasteiger partial charge in [0.25, 0.3) is 0 Å². The molecule has 12 heavy (non-hydrogen) atoms. The number of pyridine rings is 1. The lowest BCUT2D eigenvalue weighted by atomic mass is 10.5. The van der Waals surface area contributed by atoms with Gasteiger partial charge in [-0.15, -0.1) is 0 Å². The van der Waals surface area contributed by atoms with E-state index in [0.717, 1.165) is 0 Å². The summed E-state index contributed by atoms with van der Waals surface area (Å²) in [7, 11) is 0. The van der Waals surface area contributed by atoms with Crippen LogP contribution in [0.3, 0.4) is 0 Å². The summed E-state index contributed by atoms with van der Waals surface area (Å²) in [6, 6.07) is 3.48. The van der Waals surface area contributed by atoms with Gasteiger partial charge in [0, 0.05) is 12.4 Å². The van der Waals surface area contributed by atoms with Crippen molar-refractivity contribution in [2.45, 2.75) is 6.67 Å². The van der Waals surface area contributed by atoms with Crippen LogP contribution in [-0.4, -0.2) is 9.38 Å². The maximum Gasteiger partial charge on any atom is 0.137 e. The zero-order valence-corrected chi connectivity index (χ0v) is 6.92. The van der Waals surface area contributed by atoms with Crippen LogP contribution in [0.15, 0.2) is 24.5 Å². The van der Waals surface area contributed by atoms with E-state index in [1.807, 2.05) is 0 Å². The Labute approximate surface area is 73.6 Å².